The minimum absolute atomic E-state index is 0.0533. The van der Waals surface area contributed by atoms with E-state index < -0.39 is 0 Å². The first-order valence-corrected chi connectivity index (χ1v) is 6.96. The molecule has 0 amide bonds. The average molecular weight is 342 g/mol. The number of aryl methyl sites for hydroxylation is 1. The Morgan fingerprint density at radius 2 is 2.15 bits per heavy atom. The highest BCUT2D eigenvalue weighted by Crippen LogP contribution is 2.37. The van der Waals surface area contributed by atoms with Gasteiger partial charge in [-0.15, -0.1) is 0 Å². The Morgan fingerprint density at radius 3 is 2.75 bits per heavy atom. The molecule has 1 aromatic carbocycles. The van der Waals surface area contributed by atoms with Crippen LogP contribution in [0.2, 0.25) is 0 Å². The lowest BCUT2D eigenvalue weighted by Gasteiger charge is -2.14. The zero-order chi connectivity index (χ0) is 14.5. The Kier molecular flexibility index (Phi) is 4.97. The molecule has 1 aromatic heterocycles. The fourth-order valence-corrected chi connectivity index (χ4v) is 2.31. The first-order chi connectivity index (χ1) is 9.65. The summed E-state index contributed by atoms with van der Waals surface area (Å²) in [6.07, 6.45) is 1.48. The van der Waals surface area contributed by atoms with Gasteiger partial charge in [-0.1, -0.05) is 0 Å². The fraction of sp³-hybridized carbons (Fsp3) is 0.385. The van der Waals surface area contributed by atoms with Crippen molar-refractivity contribution in [1.29, 1.82) is 0 Å². The summed E-state index contributed by atoms with van der Waals surface area (Å²) in [4.78, 5) is 4.10. The number of hydrogen-bond acceptors (Lipinski definition) is 5. The van der Waals surface area contributed by atoms with Crippen molar-refractivity contribution in [3.63, 3.8) is 0 Å². The molecule has 0 fully saturated rings. The highest BCUT2D eigenvalue weighted by atomic mass is 79.9. The first-order valence-electron chi connectivity index (χ1n) is 6.17. The SMILES string of the molecule is CCOc1cc(CO)cc(Br)c1OCc1ncnn1C. The van der Waals surface area contributed by atoms with Crippen LogP contribution in [0.1, 0.15) is 18.3 Å². The number of ether oxygens (including phenoxy) is 2. The second kappa shape index (κ2) is 6.71. The highest BCUT2D eigenvalue weighted by molar-refractivity contribution is 9.10. The summed E-state index contributed by atoms with van der Waals surface area (Å²) < 4.78 is 13.7. The predicted molar refractivity (Wildman–Crippen MR) is 76.6 cm³/mol. The maximum atomic E-state index is 9.22. The molecule has 0 aliphatic heterocycles. The van der Waals surface area contributed by atoms with Crippen molar-refractivity contribution in [2.24, 2.45) is 7.05 Å². The van der Waals surface area contributed by atoms with Crippen LogP contribution in [0.4, 0.5) is 0 Å². The van der Waals surface area contributed by atoms with Crippen LogP contribution in [-0.2, 0) is 20.3 Å². The van der Waals surface area contributed by atoms with Gasteiger partial charge in [0.05, 0.1) is 17.7 Å². The van der Waals surface area contributed by atoms with E-state index in [1.165, 1.54) is 6.33 Å². The molecule has 1 heterocycles. The molecule has 7 heteroatoms. The monoisotopic (exact) mass is 341 g/mol. The van der Waals surface area contributed by atoms with Crippen LogP contribution in [0.3, 0.4) is 0 Å². The zero-order valence-corrected chi connectivity index (χ0v) is 12.9. The lowest BCUT2D eigenvalue weighted by Crippen LogP contribution is -2.06. The summed E-state index contributed by atoms with van der Waals surface area (Å²) in [5.41, 5.74) is 0.756. The van der Waals surface area contributed by atoms with Crippen LogP contribution in [-0.4, -0.2) is 26.5 Å². The minimum atomic E-state index is -0.0533. The topological polar surface area (TPSA) is 69.4 Å². The number of benzene rings is 1. The van der Waals surface area contributed by atoms with Crippen LogP contribution < -0.4 is 9.47 Å². The van der Waals surface area contributed by atoms with Crippen molar-refractivity contribution in [3.05, 3.63) is 34.3 Å². The molecule has 0 aliphatic carbocycles. The summed E-state index contributed by atoms with van der Waals surface area (Å²) in [6.45, 7) is 2.64. The van der Waals surface area contributed by atoms with Gasteiger partial charge in [0.25, 0.3) is 0 Å². The van der Waals surface area contributed by atoms with E-state index in [0.717, 1.165) is 10.0 Å². The van der Waals surface area contributed by atoms with Gasteiger partial charge in [-0.25, -0.2) is 4.98 Å². The van der Waals surface area contributed by atoms with E-state index in [1.807, 2.05) is 6.92 Å². The quantitative estimate of drug-likeness (QED) is 0.870. The molecule has 0 bridgehead atoms. The summed E-state index contributed by atoms with van der Waals surface area (Å²) in [5, 5.41) is 13.2. The molecule has 6 nitrogen and oxygen atoms in total. The Bertz CT molecular complexity index is 586. The summed E-state index contributed by atoms with van der Waals surface area (Å²) in [5.74, 6) is 1.89. The minimum Gasteiger partial charge on any atom is -0.490 e. The van der Waals surface area contributed by atoms with E-state index in [9.17, 15) is 5.11 Å². The standard InChI is InChI=1S/C13H16BrN3O3/c1-3-19-11-5-9(6-18)4-10(14)13(11)20-7-12-15-8-16-17(12)2/h4-5,8,18H,3,6-7H2,1-2H3. The summed E-state index contributed by atoms with van der Waals surface area (Å²) >= 11 is 3.43. The van der Waals surface area contributed by atoms with Crippen molar-refractivity contribution in [3.8, 4) is 11.5 Å². The molecule has 0 unspecified atom stereocenters. The second-order valence-corrected chi connectivity index (χ2v) is 4.94. The zero-order valence-electron chi connectivity index (χ0n) is 11.3. The predicted octanol–water partition coefficient (Wildman–Crippen LogP) is 2.05. The van der Waals surface area contributed by atoms with Gasteiger partial charge in [-0.2, -0.15) is 5.10 Å². The smallest absolute Gasteiger partial charge is 0.176 e. The van der Waals surface area contributed by atoms with Crippen molar-refractivity contribution < 1.29 is 14.6 Å². The molecule has 0 spiro atoms. The number of aliphatic hydroxyl groups is 1. The van der Waals surface area contributed by atoms with E-state index >= 15 is 0 Å². The molecule has 2 aromatic rings. The lowest BCUT2D eigenvalue weighted by atomic mass is 10.2. The van der Waals surface area contributed by atoms with Crippen LogP contribution in [0.5, 0.6) is 11.5 Å². The number of hydrogen-bond donors (Lipinski definition) is 1. The Hall–Kier alpha value is -1.60. The lowest BCUT2D eigenvalue weighted by molar-refractivity contribution is 0.254. The third-order valence-electron chi connectivity index (χ3n) is 2.70. The Balaban J connectivity index is 2.23. The Labute approximate surface area is 125 Å². The van der Waals surface area contributed by atoms with Crippen LogP contribution in [0.15, 0.2) is 22.9 Å². The van der Waals surface area contributed by atoms with E-state index in [2.05, 4.69) is 26.0 Å². The molecule has 0 aliphatic rings. The van der Waals surface area contributed by atoms with Crippen LogP contribution >= 0.6 is 15.9 Å². The molecule has 108 valence electrons. The number of aliphatic hydroxyl groups excluding tert-OH is 1. The molecule has 1 N–H and O–H groups in total. The Morgan fingerprint density at radius 1 is 1.35 bits per heavy atom. The molecule has 0 atom stereocenters. The third kappa shape index (κ3) is 3.29. The summed E-state index contributed by atoms with van der Waals surface area (Å²) in [6, 6.07) is 3.56. The van der Waals surface area contributed by atoms with Crippen molar-refractivity contribution in [2.75, 3.05) is 6.61 Å². The molecular weight excluding hydrogens is 326 g/mol. The van der Waals surface area contributed by atoms with Crippen molar-refractivity contribution >= 4 is 15.9 Å². The van der Waals surface area contributed by atoms with Crippen molar-refractivity contribution in [1.82, 2.24) is 14.8 Å². The van der Waals surface area contributed by atoms with Gasteiger partial charge in [0.1, 0.15) is 12.9 Å². The van der Waals surface area contributed by atoms with Crippen LogP contribution in [0, 0.1) is 0 Å². The molecule has 2 rings (SSSR count). The van der Waals surface area contributed by atoms with E-state index in [1.54, 1.807) is 23.9 Å². The first kappa shape index (κ1) is 14.8. The number of rotatable bonds is 6. The van der Waals surface area contributed by atoms with Gasteiger partial charge >= 0.3 is 0 Å². The van der Waals surface area contributed by atoms with Gasteiger partial charge in [-0.05, 0) is 40.5 Å². The summed E-state index contributed by atoms with van der Waals surface area (Å²) in [7, 11) is 1.80. The largest absolute Gasteiger partial charge is 0.490 e. The molecule has 0 radical (unpaired) electrons. The number of halogens is 1. The fourth-order valence-electron chi connectivity index (χ4n) is 1.70. The molecule has 20 heavy (non-hydrogen) atoms. The number of aromatic nitrogens is 3. The molecule has 0 saturated carbocycles. The average Bonchev–Trinajstić information content (AvgIpc) is 2.83. The van der Waals surface area contributed by atoms with Gasteiger partial charge in [0, 0.05) is 7.05 Å². The molecular formula is C13H16BrN3O3. The van der Waals surface area contributed by atoms with Gasteiger partial charge in [-0.3, -0.25) is 4.68 Å². The van der Waals surface area contributed by atoms with Gasteiger partial charge in [0.2, 0.25) is 0 Å². The van der Waals surface area contributed by atoms with E-state index in [0.29, 0.717) is 23.9 Å². The third-order valence-corrected chi connectivity index (χ3v) is 3.29. The van der Waals surface area contributed by atoms with Crippen LogP contribution in [0.25, 0.3) is 0 Å². The normalized spacial score (nSPS) is 10.6. The highest BCUT2D eigenvalue weighted by Gasteiger charge is 2.13. The number of nitrogens with zero attached hydrogens (tertiary/aromatic N) is 3. The van der Waals surface area contributed by atoms with Gasteiger partial charge in [0.15, 0.2) is 17.3 Å². The van der Waals surface area contributed by atoms with Crippen molar-refractivity contribution in [2.45, 2.75) is 20.1 Å². The molecule has 0 saturated heterocycles. The maximum absolute atomic E-state index is 9.22. The second-order valence-electron chi connectivity index (χ2n) is 4.08. The maximum Gasteiger partial charge on any atom is 0.176 e. The van der Waals surface area contributed by atoms with E-state index in [-0.39, 0.29) is 13.2 Å². The van der Waals surface area contributed by atoms with E-state index in [4.69, 9.17) is 9.47 Å². The van der Waals surface area contributed by atoms with Gasteiger partial charge < -0.3 is 14.6 Å².